The third-order valence-corrected chi connectivity index (χ3v) is 4.70. The Morgan fingerprint density at radius 1 is 1.32 bits per heavy atom. The Hall–Kier alpha value is -1.69. The summed E-state index contributed by atoms with van der Waals surface area (Å²) < 4.78 is 4.05. The molecule has 1 fully saturated rings. The average Bonchev–Trinajstić information content (AvgIpc) is 3.11. The molecule has 0 bridgehead atoms. The maximum Gasteiger partial charge on any atom is 0.0870 e. The van der Waals surface area contributed by atoms with Crippen LogP contribution in [0.2, 0.25) is 0 Å². The normalized spacial score (nSPS) is 18.8. The molecular formula is C16H26N6. The van der Waals surface area contributed by atoms with E-state index in [4.69, 9.17) is 0 Å². The van der Waals surface area contributed by atoms with Gasteiger partial charge in [-0.15, -0.1) is 5.10 Å². The van der Waals surface area contributed by atoms with E-state index >= 15 is 0 Å². The van der Waals surface area contributed by atoms with Crippen molar-refractivity contribution in [2.45, 2.75) is 59.0 Å². The van der Waals surface area contributed by atoms with Crippen LogP contribution < -0.4 is 5.32 Å². The van der Waals surface area contributed by atoms with E-state index in [-0.39, 0.29) is 0 Å². The Labute approximate surface area is 131 Å². The summed E-state index contributed by atoms with van der Waals surface area (Å²) in [5, 5.41) is 16.7. The Balaban J connectivity index is 1.63. The molecule has 0 radical (unpaired) electrons. The second-order valence-electron chi connectivity index (χ2n) is 6.18. The molecule has 1 atom stereocenters. The van der Waals surface area contributed by atoms with Crippen LogP contribution in [0.15, 0.2) is 6.20 Å². The van der Waals surface area contributed by atoms with Crippen LogP contribution in [0.1, 0.15) is 48.3 Å². The van der Waals surface area contributed by atoms with Crippen LogP contribution in [-0.4, -0.2) is 37.9 Å². The molecule has 0 aromatic carbocycles. The van der Waals surface area contributed by atoms with E-state index in [1.807, 2.05) is 4.68 Å². The predicted molar refractivity (Wildman–Crippen MR) is 85.9 cm³/mol. The molecule has 2 aromatic heterocycles. The molecule has 1 aliphatic rings. The van der Waals surface area contributed by atoms with E-state index in [1.54, 1.807) is 0 Å². The van der Waals surface area contributed by atoms with Gasteiger partial charge in [0, 0.05) is 24.4 Å². The molecule has 2 aromatic rings. The van der Waals surface area contributed by atoms with Gasteiger partial charge in [0.2, 0.25) is 0 Å². The van der Waals surface area contributed by atoms with E-state index < -0.39 is 0 Å². The molecule has 1 aliphatic heterocycles. The Morgan fingerprint density at radius 2 is 2.18 bits per heavy atom. The highest BCUT2D eigenvalue weighted by molar-refractivity contribution is 5.24. The minimum absolute atomic E-state index is 0.517. The molecule has 0 unspecified atom stereocenters. The molecule has 6 nitrogen and oxygen atoms in total. The molecule has 0 amide bonds. The summed E-state index contributed by atoms with van der Waals surface area (Å²) in [7, 11) is 0. The van der Waals surface area contributed by atoms with Crippen molar-refractivity contribution < 1.29 is 0 Å². The fraction of sp³-hybridized carbons (Fsp3) is 0.688. The van der Waals surface area contributed by atoms with Crippen molar-refractivity contribution in [3.05, 3.63) is 28.8 Å². The van der Waals surface area contributed by atoms with E-state index in [0.29, 0.717) is 5.92 Å². The van der Waals surface area contributed by atoms with Gasteiger partial charge in [0.15, 0.2) is 0 Å². The zero-order valence-corrected chi connectivity index (χ0v) is 13.8. The molecule has 22 heavy (non-hydrogen) atoms. The van der Waals surface area contributed by atoms with Crippen molar-refractivity contribution in [3.63, 3.8) is 0 Å². The Morgan fingerprint density at radius 3 is 2.86 bits per heavy atom. The Kier molecular flexibility index (Phi) is 4.57. The summed E-state index contributed by atoms with van der Waals surface area (Å²) in [6, 6.07) is 0. The zero-order chi connectivity index (χ0) is 15.5. The zero-order valence-electron chi connectivity index (χ0n) is 13.8. The predicted octanol–water partition coefficient (Wildman–Crippen LogP) is 1.82. The van der Waals surface area contributed by atoms with Gasteiger partial charge in [-0.05, 0) is 45.2 Å². The lowest BCUT2D eigenvalue weighted by molar-refractivity contribution is 0.454. The van der Waals surface area contributed by atoms with Crippen molar-refractivity contribution in [2.75, 3.05) is 13.1 Å². The Bertz CT molecular complexity index is 621. The molecule has 3 heterocycles. The average molecular weight is 302 g/mol. The molecule has 0 saturated carbocycles. The fourth-order valence-electron chi connectivity index (χ4n) is 3.37. The van der Waals surface area contributed by atoms with E-state index in [9.17, 15) is 0 Å². The quantitative estimate of drug-likeness (QED) is 0.915. The number of nitrogens with zero attached hydrogens (tertiary/aromatic N) is 5. The second-order valence-corrected chi connectivity index (χ2v) is 6.18. The van der Waals surface area contributed by atoms with Crippen molar-refractivity contribution in [2.24, 2.45) is 0 Å². The molecular weight excluding hydrogens is 276 g/mol. The second kappa shape index (κ2) is 6.60. The number of nitrogens with one attached hydrogen (secondary N) is 1. The van der Waals surface area contributed by atoms with Gasteiger partial charge in [-0.2, -0.15) is 5.10 Å². The summed E-state index contributed by atoms with van der Waals surface area (Å²) in [5.74, 6) is 0.517. The van der Waals surface area contributed by atoms with Crippen LogP contribution in [-0.2, 0) is 19.5 Å². The van der Waals surface area contributed by atoms with Gasteiger partial charge in [-0.25, -0.2) is 0 Å². The van der Waals surface area contributed by atoms with Crippen molar-refractivity contribution >= 4 is 0 Å². The fourth-order valence-corrected chi connectivity index (χ4v) is 3.37. The lowest BCUT2D eigenvalue weighted by atomic mass is 9.97. The third-order valence-electron chi connectivity index (χ3n) is 4.70. The molecule has 1 N–H and O–H groups in total. The van der Waals surface area contributed by atoms with Crippen molar-refractivity contribution in [1.29, 1.82) is 0 Å². The van der Waals surface area contributed by atoms with Crippen LogP contribution in [0, 0.1) is 13.8 Å². The number of rotatable bonds is 5. The summed E-state index contributed by atoms with van der Waals surface area (Å²) in [6.07, 6.45) is 5.58. The number of aryl methyl sites for hydroxylation is 3. The molecule has 6 heteroatoms. The smallest absolute Gasteiger partial charge is 0.0870 e. The lowest BCUT2D eigenvalue weighted by Crippen LogP contribution is -2.28. The number of aromatic nitrogens is 5. The topological polar surface area (TPSA) is 60.6 Å². The van der Waals surface area contributed by atoms with E-state index in [1.165, 1.54) is 24.1 Å². The van der Waals surface area contributed by atoms with Crippen LogP contribution in [0.3, 0.4) is 0 Å². The minimum Gasteiger partial charge on any atom is -0.316 e. The molecule has 0 aliphatic carbocycles. The van der Waals surface area contributed by atoms with Gasteiger partial charge in [0.25, 0.3) is 0 Å². The molecule has 1 saturated heterocycles. The summed E-state index contributed by atoms with van der Waals surface area (Å²) in [4.78, 5) is 0. The van der Waals surface area contributed by atoms with E-state index in [0.717, 1.165) is 44.0 Å². The maximum atomic E-state index is 4.64. The highest BCUT2D eigenvalue weighted by Crippen LogP contribution is 2.20. The first-order chi connectivity index (χ1) is 10.7. The lowest BCUT2D eigenvalue weighted by Gasteiger charge is -2.20. The third kappa shape index (κ3) is 3.06. The highest BCUT2D eigenvalue weighted by Gasteiger charge is 2.18. The monoisotopic (exact) mass is 302 g/mol. The van der Waals surface area contributed by atoms with Crippen molar-refractivity contribution in [1.82, 2.24) is 30.1 Å². The summed E-state index contributed by atoms with van der Waals surface area (Å²) in [6.45, 7) is 10.2. The first-order valence-electron chi connectivity index (χ1n) is 8.32. The van der Waals surface area contributed by atoms with Crippen molar-refractivity contribution in [3.8, 4) is 0 Å². The molecule has 0 spiro atoms. The SMILES string of the molecule is CCc1c(C)nn(CCn2cc([C@@H]3CCCNC3)nn2)c1C. The van der Waals surface area contributed by atoms with Crippen LogP contribution in [0.4, 0.5) is 0 Å². The number of hydrogen-bond donors (Lipinski definition) is 1. The maximum absolute atomic E-state index is 4.64. The van der Waals surface area contributed by atoms with Gasteiger partial charge in [-0.1, -0.05) is 12.1 Å². The van der Waals surface area contributed by atoms with Crippen LogP contribution in [0.5, 0.6) is 0 Å². The van der Waals surface area contributed by atoms with Gasteiger partial charge in [-0.3, -0.25) is 9.36 Å². The van der Waals surface area contributed by atoms with Crippen LogP contribution in [0.25, 0.3) is 0 Å². The first kappa shape index (κ1) is 15.2. The van der Waals surface area contributed by atoms with E-state index in [2.05, 4.69) is 52.4 Å². The van der Waals surface area contributed by atoms with Gasteiger partial charge in [0.05, 0.1) is 24.5 Å². The molecule has 120 valence electrons. The van der Waals surface area contributed by atoms with Crippen LogP contribution >= 0.6 is 0 Å². The highest BCUT2D eigenvalue weighted by atomic mass is 15.4. The summed E-state index contributed by atoms with van der Waals surface area (Å²) >= 11 is 0. The summed E-state index contributed by atoms with van der Waals surface area (Å²) in [5.41, 5.74) is 4.91. The minimum atomic E-state index is 0.517. The standard InChI is InChI=1S/C16H26N6/c1-4-15-12(2)19-22(13(15)3)9-8-21-11-16(18-20-21)14-6-5-7-17-10-14/h11,14,17H,4-10H2,1-3H3/t14-/m1/s1. The van der Waals surface area contributed by atoms with Gasteiger partial charge in [0.1, 0.15) is 0 Å². The molecule has 3 rings (SSSR count). The largest absolute Gasteiger partial charge is 0.316 e. The van der Waals surface area contributed by atoms with Gasteiger partial charge >= 0.3 is 0 Å². The number of piperidine rings is 1. The van der Waals surface area contributed by atoms with Gasteiger partial charge < -0.3 is 5.32 Å². The number of hydrogen-bond acceptors (Lipinski definition) is 4. The first-order valence-corrected chi connectivity index (χ1v) is 8.32.